The molecule has 2 aromatic rings. The maximum atomic E-state index is 12.4. The van der Waals surface area contributed by atoms with Crippen LogP contribution in [0.15, 0.2) is 56.7 Å². The summed E-state index contributed by atoms with van der Waals surface area (Å²) in [5, 5.41) is 21.6. The van der Waals surface area contributed by atoms with Crippen molar-refractivity contribution in [3.8, 4) is 0 Å². The molecule has 0 saturated carbocycles. The van der Waals surface area contributed by atoms with E-state index in [9.17, 15) is 28.6 Å². The highest BCUT2D eigenvalue weighted by atomic mass is 79.9. The van der Waals surface area contributed by atoms with Crippen LogP contribution in [0.2, 0.25) is 0 Å². The fourth-order valence-electron chi connectivity index (χ4n) is 1.70. The van der Waals surface area contributed by atoms with Crippen molar-refractivity contribution in [3.05, 3.63) is 67.2 Å². The van der Waals surface area contributed by atoms with Gasteiger partial charge in [0.05, 0.1) is 24.1 Å². The third-order valence-corrected chi connectivity index (χ3v) is 5.18. The number of nitro groups is 2. The van der Waals surface area contributed by atoms with Crippen LogP contribution in [0.3, 0.4) is 0 Å². The van der Waals surface area contributed by atoms with Gasteiger partial charge in [-0.15, -0.1) is 0 Å². The summed E-state index contributed by atoms with van der Waals surface area (Å²) in [6, 6.07) is 7.81. The van der Waals surface area contributed by atoms with Gasteiger partial charge >= 0.3 is 0 Å². The molecule has 0 atom stereocenters. The van der Waals surface area contributed by atoms with Crippen LogP contribution in [0.5, 0.6) is 0 Å². The first-order valence-corrected chi connectivity index (χ1v) is 7.94. The summed E-state index contributed by atoms with van der Waals surface area (Å²) in [5.74, 6) is 0. The van der Waals surface area contributed by atoms with E-state index in [-0.39, 0.29) is 20.0 Å². The van der Waals surface area contributed by atoms with Crippen molar-refractivity contribution in [1.82, 2.24) is 0 Å². The molecule has 0 aromatic heterocycles. The van der Waals surface area contributed by atoms with Gasteiger partial charge in [-0.2, -0.15) is 0 Å². The van der Waals surface area contributed by atoms with Gasteiger partial charge in [0.15, 0.2) is 0 Å². The predicted octanol–water partition coefficient (Wildman–Crippen LogP) is 3.10. The first-order valence-electron chi connectivity index (χ1n) is 5.67. The Balaban J connectivity index is 2.60. The molecule has 114 valence electrons. The Morgan fingerprint density at radius 1 is 0.909 bits per heavy atom. The van der Waals surface area contributed by atoms with Crippen molar-refractivity contribution in [3.63, 3.8) is 0 Å². The Morgan fingerprint density at radius 2 is 1.55 bits per heavy atom. The monoisotopic (exact) mass is 386 g/mol. The van der Waals surface area contributed by atoms with Gasteiger partial charge in [0, 0.05) is 18.2 Å². The normalized spacial score (nSPS) is 11.1. The minimum Gasteiger partial charge on any atom is -0.258 e. The van der Waals surface area contributed by atoms with Gasteiger partial charge < -0.3 is 0 Å². The lowest BCUT2D eigenvalue weighted by Crippen LogP contribution is -2.04. The number of nitrogens with zero attached hydrogens (tertiary/aromatic N) is 2. The van der Waals surface area contributed by atoms with Crippen molar-refractivity contribution < 1.29 is 18.3 Å². The second-order valence-corrected chi connectivity index (χ2v) is 6.93. The smallest absolute Gasteiger partial charge is 0.258 e. The van der Waals surface area contributed by atoms with Crippen molar-refractivity contribution >= 4 is 37.1 Å². The van der Waals surface area contributed by atoms with E-state index in [2.05, 4.69) is 15.9 Å². The summed E-state index contributed by atoms with van der Waals surface area (Å²) in [5.41, 5.74) is -0.792. The fraction of sp³-hybridized carbons (Fsp3) is 0. The number of nitro benzene ring substituents is 2. The average molecular weight is 387 g/mol. The number of rotatable bonds is 4. The Kier molecular flexibility index (Phi) is 4.24. The zero-order valence-corrected chi connectivity index (χ0v) is 13.1. The van der Waals surface area contributed by atoms with Gasteiger partial charge in [-0.3, -0.25) is 20.2 Å². The molecule has 0 radical (unpaired) electrons. The molecule has 0 bridgehead atoms. The SMILES string of the molecule is O=[N+]([O-])c1cccc(S(=O)(=O)c2ccc(Br)c([N+](=O)[O-])c2)c1. The lowest BCUT2D eigenvalue weighted by molar-refractivity contribution is -0.385. The fourth-order valence-corrected chi connectivity index (χ4v) is 3.41. The number of hydrogen-bond donors (Lipinski definition) is 0. The van der Waals surface area contributed by atoms with Crippen LogP contribution in [0.25, 0.3) is 0 Å². The maximum Gasteiger partial charge on any atom is 0.284 e. The van der Waals surface area contributed by atoms with E-state index >= 15 is 0 Å². The van der Waals surface area contributed by atoms with Crippen molar-refractivity contribution in [1.29, 1.82) is 0 Å². The molecule has 0 spiro atoms. The number of sulfone groups is 1. The highest BCUT2D eigenvalue weighted by Gasteiger charge is 2.24. The maximum absolute atomic E-state index is 12.4. The van der Waals surface area contributed by atoms with E-state index in [0.717, 1.165) is 18.2 Å². The van der Waals surface area contributed by atoms with Gasteiger partial charge in [0.2, 0.25) is 9.84 Å². The van der Waals surface area contributed by atoms with Crippen molar-refractivity contribution in [2.24, 2.45) is 0 Å². The molecule has 0 amide bonds. The molecule has 8 nitrogen and oxygen atoms in total. The van der Waals surface area contributed by atoms with Crippen molar-refractivity contribution in [2.45, 2.75) is 9.79 Å². The first kappa shape index (κ1) is 16.0. The number of non-ortho nitro benzene ring substituents is 1. The summed E-state index contributed by atoms with van der Waals surface area (Å²) in [6.07, 6.45) is 0. The molecule has 22 heavy (non-hydrogen) atoms. The van der Waals surface area contributed by atoms with Crippen LogP contribution in [0.4, 0.5) is 11.4 Å². The first-order chi connectivity index (χ1) is 10.2. The van der Waals surface area contributed by atoms with Crippen LogP contribution < -0.4 is 0 Å². The van der Waals surface area contributed by atoms with Gasteiger partial charge in [-0.1, -0.05) is 6.07 Å². The highest BCUT2D eigenvalue weighted by Crippen LogP contribution is 2.31. The molecule has 0 unspecified atom stereocenters. The van der Waals surface area contributed by atoms with Crippen LogP contribution >= 0.6 is 15.9 Å². The predicted molar refractivity (Wildman–Crippen MR) is 79.3 cm³/mol. The zero-order valence-electron chi connectivity index (χ0n) is 10.7. The highest BCUT2D eigenvalue weighted by molar-refractivity contribution is 9.10. The standard InChI is InChI=1S/C12H7BrN2O6S/c13-11-5-4-10(7-12(11)15(18)19)22(20,21)9-3-1-2-8(6-9)14(16)17/h1-7H. The van der Waals surface area contributed by atoms with Crippen molar-refractivity contribution in [2.75, 3.05) is 0 Å². The summed E-state index contributed by atoms with van der Waals surface area (Å²) in [6.45, 7) is 0. The Bertz CT molecular complexity index is 881. The Hall–Kier alpha value is -2.33. The molecule has 0 aliphatic heterocycles. The zero-order chi connectivity index (χ0) is 16.5. The lowest BCUT2D eigenvalue weighted by Gasteiger charge is -2.05. The second kappa shape index (κ2) is 5.81. The van der Waals surface area contributed by atoms with Gasteiger partial charge in [0.1, 0.15) is 0 Å². The lowest BCUT2D eigenvalue weighted by atomic mass is 10.3. The van der Waals surface area contributed by atoms with E-state index in [4.69, 9.17) is 0 Å². The van der Waals surface area contributed by atoms with Gasteiger partial charge in [-0.05, 0) is 34.1 Å². The second-order valence-electron chi connectivity index (χ2n) is 4.13. The van der Waals surface area contributed by atoms with Gasteiger partial charge in [0.25, 0.3) is 11.4 Å². The average Bonchev–Trinajstić information content (AvgIpc) is 2.47. The minimum absolute atomic E-state index is 0.135. The Labute approximate surface area is 132 Å². The minimum atomic E-state index is -4.10. The molecule has 0 aliphatic carbocycles. The largest absolute Gasteiger partial charge is 0.284 e. The Morgan fingerprint density at radius 3 is 2.14 bits per heavy atom. The van der Waals surface area contributed by atoms with Crippen LogP contribution in [-0.2, 0) is 9.84 Å². The quantitative estimate of drug-likeness (QED) is 0.587. The molecular formula is C12H7BrN2O6S. The summed E-state index contributed by atoms with van der Waals surface area (Å²) in [4.78, 5) is 19.5. The molecule has 0 heterocycles. The molecule has 10 heteroatoms. The molecule has 0 fully saturated rings. The van der Waals surface area contributed by atoms with E-state index in [0.29, 0.717) is 0 Å². The number of benzene rings is 2. The molecule has 0 aliphatic rings. The van der Waals surface area contributed by atoms with Crippen LogP contribution in [0.1, 0.15) is 0 Å². The van der Waals surface area contributed by atoms with Gasteiger partial charge in [-0.25, -0.2) is 8.42 Å². The van der Waals surface area contributed by atoms with E-state index in [1.165, 1.54) is 24.3 Å². The molecule has 2 aromatic carbocycles. The number of hydrogen-bond acceptors (Lipinski definition) is 6. The van der Waals surface area contributed by atoms with Crippen LogP contribution in [-0.4, -0.2) is 18.3 Å². The van der Waals surface area contributed by atoms with Crippen LogP contribution in [0, 0.1) is 20.2 Å². The van der Waals surface area contributed by atoms with E-state index < -0.39 is 25.4 Å². The molecule has 0 saturated heterocycles. The third-order valence-electron chi connectivity index (χ3n) is 2.76. The summed E-state index contributed by atoms with van der Waals surface area (Å²) in [7, 11) is -4.10. The molecular weight excluding hydrogens is 380 g/mol. The number of halogens is 1. The topological polar surface area (TPSA) is 120 Å². The third kappa shape index (κ3) is 2.97. The van der Waals surface area contributed by atoms with E-state index in [1.807, 2.05) is 0 Å². The van der Waals surface area contributed by atoms with E-state index in [1.54, 1.807) is 0 Å². The summed E-state index contributed by atoms with van der Waals surface area (Å²) < 4.78 is 25.0. The molecule has 2 rings (SSSR count). The summed E-state index contributed by atoms with van der Waals surface area (Å²) >= 11 is 2.96. The molecule has 0 N–H and O–H groups in total.